The second-order valence-electron chi connectivity index (χ2n) is 9.15. The second kappa shape index (κ2) is 7.97. The van der Waals surface area contributed by atoms with Crippen molar-refractivity contribution < 1.29 is 9.59 Å². The number of carbonyl (C=O) groups excluding carboxylic acids is 2. The fraction of sp³-hybridized carbons (Fsp3) is 0.320. The summed E-state index contributed by atoms with van der Waals surface area (Å²) in [7, 11) is 0. The average molecular weight is 436 g/mol. The lowest BCUT2D eigenvalue weighted by atomic mass is 9.68. The SMILES string of the molecule is CC1=C(C(=O)Nc2cc(C)ccn2)C(c2ccc(Cl)cc2)C2=C(CC(C)(C)CC2=O)N1. The van der Waals surface area contributed by atoms with Crippen LogP contribution in [0.1, 0.15) is 50.7 Å². The molecule has 0 radical (unpaired) electrons. The molecule has 5 nitrogen and oxygen atoms in total. The summed E-state index contributed by atoms with van der Waals surface area (Å²) in [5, 5.41) is 6.90. The highest BCUT2D eigenvalue weighted by Gasteiger charge is 2.42. The van der Waals surface area contributed by atoms with Crippen LogP contribution >= 0.6 is 11.6 Å². The molecule has 2 aliphatic rings. The first-order valence-electron chi connectivity index (χ1n) is 10.4. The molecule has 1 aliphatic carbocycles. The summed E-state index contributed by atoms with van der Waals surface area (Å²) in [6, 6.07) is 11.1. The number of nitrogens with one attached hydrogen (secondary N) is 2. The minimum Gasteiger partial charge on any atom is -0.362 e. The molecule has 1 atom stereocenters. The molecule has 0 fully saturated rings. The largest absolute Gasteiger partial charge is 0.362 e. The Kier molecular flexibility index (Phi) is 5.48. The van der Waals surface area contributed by atoms with Crippen LogP contribution in [0.5, 0.6) is 0 Å². The molecule has 0 bridgehead atoms. The number of nitrogens with zero attached hydrogens (tertiary/aromatic N) is 1. The number of aromatic nitrogens is 1. The van der Waals surface area contributed by atoms with Crippen LogP contribution < -0.4 is 10.6 Å². The van der Waals surface area contributed by atoms with Gasteiger partial charge in [0.05, 0.1) is 0 Å². The van der Waals surface area contributed by atoms with Crippen molar-refractivity contribution in [3.8, 4) is 0 Å². The zero-order chi connectivity index (χ0) is 22.3. The van der Waals surface area contributed by atoms with Crippen molar-refractivity contribution in [1.82, 2.24) is 10.3 Å². The number of amides is 1. The van der Waals surface area contributed by atoms with Gasteiger partial charge in [-0.2, -0.15) is 0 Å². The zero-order valence-corrected chi connectivity index (χ0v) is 18.9. The number of anilines is 1. The normalized spacial score (nSPS) is 20.3. The van der Waals surface area contributed by atoms with Crippen LogP contribution in [0.25, 0.3) is 0 Å². The first-order valence-corrected chi connectivity index (χ1v) is 10.8. The van der Waals surface area contributed by atoms with Crippen molar-refractivity contribution in [2.75, 3.05) is 5.32 Å². The lowest BCUT2D eigenvalue weighted by Gasteiger charge is -2.39. The molecule has 1 unspecified atom stereocenters. The number of hydrogen-bond acceptors (Lipinski definition) is 4. The lowest BCUT2D eigenvalue weighted by molar-refractivity contribution is -0.118. The Balaban J connectivity index is 1.80. The van der Waals surface area contributed by atoms with E-state index in [1.165, 1.54) is 0 Å². The first kappa shape index (κ1) is 21.3. The molecule has 2 N–H and O–H groups in total. The van der Waals surface area contributed by atoms with E-state index in [2.05, 4.69) is 29.5 Å². The van der Waals surface area contributed by atoms with Gasteiger partial charge >= 0.3 is 0 Å². The number of allylic oxidation sites excluding steroid dienone is 3. The monoisotopic (exact) mass is 435 g/mol. The van der Waals surface area contributed by atoms with E-state index in [4.69, 9.17) is 11.6 Å². The molecular formula is C25H26ClN3O2. The molecule has 31 heavy (non-hydrogen) atoms. The van der Waals surface area contributed by atoms with E-state index < -0.39 is 5.92 Å². The Bertz CT molecular complexity index is 1130. The van der Waals surface area contributed by atoms with Crippen molar-refractivity contribution in [1.29, 1.82) is 0 Å². The van der Waals surface area contributed by atoms with Gasteiger partial charge in [0.1, 0.15) is 5.82 Å². The lowest BCUT2D eigenvalue weighted by Crippen LogP contribution is -2.39. The van der Waals surface area contributed by atoms with Crippen molar-refractivity contribution in [2.24, 2.45) is 5.41 Å². The third-order valence-electron chi connectivity index (χ3n) is 5.84. The van der Waals surface area contributed by atoms with Gasteiger partial charge in [-0.05, 0) is 61.1 Å². The van der Waals surface area contributed by atoms with Crippen LogP contribution in [0.2, 0.25) is 5.02 Å². The van der Waals surface area contributed by atoms with Crippen LogP contribution in [0.3, 0.4) is 0 Å². The molecule has 1 aromatic carbocycles. The molecule has 4 rings (SSSR count). The van der Waals surface area contributed by atoms with Crippen LogP contribution in [-0.4, -0.2) is 16.7 Å². The Morgan fingerprint density at radius 3 is 2.55 bits per heavy atom. The van der Waals surface area contributed by atoms with Gasteiger partial charge < -0.3 is 10.6 Å². The average Bonchev–Trinajstić information content (AvgIpc) is 2.66. The standard InChI is InChI=1S/C25H26ClN3O2/c1-14-9-10-27-20(11-14)29-24(31)21-15(2)28-18-12-25(3,4)13-19(30)23(18)22(21)16-5-7-17(26)8-6-16/h5-11,22,28H,12-13H2,1-4H3,(H,27,29,31). The number of Topliss-reactive ketones (excluding diaryl/α,β-unsaturated/α-hetero) is 1. The topological polar surface area (TPSA) is 71.1 Å². The van der Waals surface area contributed by atoms with E-state index in [1.807, 2.05) is 38.1 Å². The van der Waals surface area contributed by atoms with Gasteiger partial charge in [-0.25, -0.2) is 4.98 Å². The van der Waals surface area contributed by atoms with E-state index in [0.29, 0.717) is 28.4 Å². The molecule has 0 saturated carbocycles. The van der Waals surface area contributed by atoms with Gasteiger partial charge in [-0.1, -0.05) is 37.6 Å². The number of rotatable bonds is 3. The predicted octanol–water partition coefficient (Wildman–Crippen LogP) is 5.29. The van der Waals surface area contributed by atoms with Gasteiger partial charge in [-0.15, -0.1) is 0 Å². The summed E-state index contributed by atoms with van der Waals surface area (Å²) in [5.41, 5.74) is 4.60. The molecule has 160 valence electrons. The summed E-state index contributed by atoms with van der Waals surface area (Å²) in [6.07, 6.45) is 2.87. The number of ketones is 1. The fourth-order valence-electron chi connectivity index (χ4n) is 4.51. The maximum Gasteiger partial charge on any atom is 0.255 e. The van der Waals surface area contributed by atoms with Crippen molar-refractivity contribution in [3.63, 3.8) is 0 Å². The van der Waals surface area contributed by atoms with Gasteiger partial charge in [0.15, 0.2) is 5.78 Å². The minimum absolute atomic E-state index is 0.0742. The van der Waals surface area contributed by atoms with Gasteiger partial charge in [0.2, 0.25) is 0 Å². The molecule has 1 aliphatic heterocycles. The number of carbonyl (C=O) groups is 2. The fourth-order valence-corrected chi connectivity index (χ4v) is 4.64. The summed E-state index contributed by atoms with van der Waals surface area (Å²) < 4.78 is 0. The molecule has 2 aromatic rings. The maximum absolute atomic E-state index is 13.4. The summed E-state index contributed by atoms with van der Waals surface area (Å²) in [5.74, 6) is -0.171. The van der Waals surface area contributed by atoms with Crippen LogP contribution in [0, 0.1) is 12.3 Å². The number of halogens is 1. The van der Waals surface area contributed by atoms with Gasteiger partial charge in [0, 0.05) is 46.1 Å². The highest BCUT2D eigenvalue weighted by molar-refractivity contribution is 6.30. The third-order valence-corrected chi connectivity index (χ3v) is 6.10. The number of pyridine rings is 1. The number of hydrogen-bond donors (Lipinski definition) is 2. The molecule has 1 amide bonds. The minimum atomic E-state index is -0.457. The van der Waals surface area contributed by atoms with Crippen LogP contribution in [0.4, 0.5) is 5.82 Å². The highest BCUT2D eigenvalue weighted by atomic mass is 35.5. The van der Waals surface area contributed by atoms with E-state index in [0.717, 1.165) is 28.9 Å². The summed E-state index contributed by atoms with van der Waals surface area (Å²) >= 11 is 6.11. The summed E-state index contributed by atoms with van der Waals surface area (Å²) in [4.78, 5) is 31.0. The summed E-state index contributed by atoms with van der Waals surface area (Å²) in [6.45, 7) is 8.02. The third kappa shape index (κ3) is 4.28. The Morgan fingerprint density at radius 2 is 1.87 bits per heavy atom. The maximum atomic E-state index is 13.4. The van der Waals surface area contributed by atoms with Crippen LogP contribution in [-0.2, 0) is 9.59 Å². The van der Waals surface area contributed by atoms with Crippen LogP contribution in [0.15, 0.2) is 65.1 Å². The Morgan fingerprint density at radius 1 is 1.16 bits per heavy atom. The van der Waals surface area contributed by atoms with Crippen molar-refractivity contribution >= 4 is 29.1 Å². The number of aryl methyl sites for hydroxylation is 1. The Labute approximate surface area is 187 Å². The van der Waals surface area contributed by atoms with E-state index in [1.54, 1.807) is 18.3 Å². The van der Waals surface area contributed by atoms with Crippen molar-refractivity contribution in [3.05, 3.63) is 81.3 Å². The number of dihydropyridines is 1. The quantitative estimate of drug-likeness (QED) is 0.687. The molecule has 1 aromatic heterocycles. The van der Waals surface area contributed by atoms with Crippen molar-refractivity contribution in [2.45, 2.75) is 46.5 Å². The highest BCUT2D eigenvalue weighted by Crippen LogP contribution is 2.46. The van der Waals surface area contributed by atoms with E-state index in [-0.39, 0.29) is 17.1 Å². The molecule has 0 saturated heterocycles. The number of benzene rings is 1. The molecular weight excluding hydrogens is 410 g/mol. The first-order chi connectivity index (χ1) is 14.6. The smallest absolute Gasteiger partial charge is 0.255 e. The molecule has 6 heteroatoms. The predicted molar refractivity (Wildman–Crippen MR) is 123 cm³/mol. The zero-order valence-electron chi connectivity index (χ0n) is 18.2. The molecule has 0 spiro atoms. The Hall–Kier alpha value is -2.92. The van der Waals surface area contributed by atoms with E-state index in [9.17, 15) is 9.59 Å². The molecule has 2 heterocycles. The van der Waals surface area contributed by atoms with Gasteiger partial charge in [0.25, 0.3) is 5.91 Å². The van der Waals surface area contributed by atoms with E-state index >= 15 is 0 Å². The second-order valence-corrected chi connectivity index (χ2v) is 9.59. The van der Waals surface area contributed by atoms with Gasteiger partial charge in [-0.3, -0.25) is 9.59 Å².